The number of ether oxygens (including phenoxy) is 1. The molecule has 0 spiro atoms. The Morgan fingerprint density at radius 3 is 1.91 bits per heavy atom. The highest BCUT2D eigenvalue weighted by Gasteiger charge is 2.18. The summed E-state index contributed by atoms with van der Waals surface area (Å²) in [5.74, 6) is -1.89. The fourth-order valence-electron chi connectivity index (χ4n) is 3.08. The van der Waals surface area contributed by atoms with Gasteiger partial charge in [-0.3, -0.25) is 19.2 Å². The van der Waals surface area contributed by atoms with Crippen molar-refractivity contribution in [2.24, 2.45) is 0 Å². The summed E-state index contributed by atoms with van der Waals surface area (Å²) in [7, 11) is 0. The molecule has 0 saturated heterocycles. The van der Waals surface area contributed by atoms with Crippen molar-refractivity contribution >= 4 is 35.1 Å². The van der Waals surface area contributed by atoms with Gasteiger partial charge in [0.05, 0.1) is 0 Å². The van der Waals surface area contributed by atoms with E-state index in [4.69, 9.17) is 4.74 Å². The molecule has 3 rings (SSSR count). The van der Waals surface area contributed by atoms with E-state index in [1.54, 1.807) is 36.4 Å². The predicted octanol–water partition coefficient (Wildman–Crippen LogP) is 3.61. The average molecular weight is 460 g/mol. The average Bonchev–Trinajstić information content (AvgIpc) is 2.84. The van der Waals surface area contributed by atoms with Crippen LogP contribution in [0.4, 0.5) is 11.4 Å². The van der Waals surface area contributed by atoms with Crippen LogP contribution in [-0.4, -0.2) is 36.3 Å². The van der Waals surface area contributed by atoms with Crippen LogP contribution in [0.25, 0.3) is 11.1 Å². The van der Waals surface area contributed by atoms with Crippen molar-refractivity contribution in [3.63, 3.8) is 0 Å². The van der Waals surface area contributed by atoms with E-state index in [0.717, 1.165) is 11.1 Å². The lowest BCUT2D eigenvalue weighted by Crippen LogP contribution is -2.35. The smallest absolute Gasteiger partial charge is 0.326 e. The highest BCUT2D eigenvalue weighted by molar-refractivity contribution is 5.98. The molecule has 0 aliphatic carbocycles. The summed E-state index contributed by atoms with van der Waals surface area (Å²) >= 11 is 0. The van der Waals surface area contributed by atoms with E-state index in [1.807, 2.05) is 42.5 Å². The summed E-state index contributed by atoms with van der Waals surface area (Å²) in [5.41, 5.74) is 3.49. The molecule has 0 bridgehead atoms. The zero-order valence-corrected chi connectivity index (χ0v) is 18.8. The minimum atomic E-state index is -1.07. The van der Waals surface area contributed by atoms with Gasteiger partial charge < -0.3 is 20.7 Å². The van der Waals surface area contributed by atoms with Crippen molar-refractivity contribution in [1.82, 2.24) is 5.32 Å². The standard InChI is InChI=1S/C26H25N3O5/c1-17(25(32)29-23-14-12-22(13-15-23)28-18(2)30)34-24(31)16-27-26(33)21-10-8-20(9-11-21)19-6-4-3-5-7-19/h3-15,17H,16H2,1-2H3,(H,27,33)(H,28,30)(H,29,32)/t17-/m1/s1. The van der Waals surface area contributed by atoms with Gasteiger partial charge in [-0.25, -0.2) is 0 Å². The van der Waals surface area contributed by atoms with E-state index >= 15 is 0 Å². The molecule has 0 heterocycles. The number of amides is 3. The van der Waals surface area contributed by atoms with E-state index in [1.165, 1.54) is 13.8 Å². The summed E-state index contributed by atoms with van der Waals surface area (Å²) < 4.78 is 5.10. The van der Waals surface area contributed by atoms with Gasteiger partial charge in [0.1, 0.15) is 6.54 Å². The lowest BCUT2D eigenvalue weighted by molar-refractivity contribution is -0.152. The highest BCUT2D eigenvalue weighted by Crippen LogP contribution is 2.19. The molecule has 3 amide bonds. The SMILES string of the molecule is CC(=O)Nc1ccc(NC(=O)[C@@H](C)OC(=O)CNC(=O)c2ccc(-c3ccccc3)cc2)cc1. The maximum atomic E-state index is 12.3. The van der Waals surface area contributed by atoms with E-state index in [2.05, 4.69) is 16.0 Å². The molecule has 0 saturated carbocycles. The van der Waals surface area contributed by atoms with Gasteiger partial charge in [-0.1, -0.05) is 42.5 Å². The van der Waals surface area contributed by atoms with Crippen molar-refractivity contribution < 1.29 is 23.9 Å². The van der Waals surface area contributed by atoms with Crippen molar-refractivity contribution in [2.45, 2.75) is 20.0 Å². The Bertz CT molecular complexity index is 1160. The second-order valence-electron chi connectivity index (χ2n) is 7.51. The van der Waals surface area contributed by atoms with Crippen molar-refractivity contribution in [3.05, 3.63) is 84.4 Å². The first-order chi connectivity index (χ1) is 16.3. The second-order valence-corrected chi connectivity index (χ2v) is 7.51. The molecule has 3 N–H and O–H groups in total. The first-order valence-electron chi connectivity index (χ1n) is 10.6. The van der Waals surface area contributed by atoms with Gasteiger partial charge in [0.25, 0.3) is 11.8 Å². The second kappa shape index (κ2) is 11.4. The highest BCUT2D eigenvalue weighted by atomic mass is 16.5. The van der Waals surface area contributed by atoms with E-state index in [-0.39, 0.29) is 12.5 Å². The molecule has 0 aliphatic rings. The van der Waals surface area contributed by atoms with Crippen LogP contribution in [0.2, 0.25) is 0 Å². The number of hydrogen-bond donors (Lipinski definition) is 3. The van der Waals surface area contributed by atoms with Crippen LogP contribution < -0.4 is 16.0 Å². The molecule has 3 aromatic carbocycles. The Kier molecular flexibility index (Phi) is 8.12. The number of rotatable bonds is 8. The Hall–Kier alpha value is -4.46. The number of hydrogen-bond acceptors (Lipinski definition) is 5. The summed E-state index contributed by atoms with van der Waals surface area (Å²) in [5, 5.41) is 7.74. The minimum absolute atomic E-state index is 0.200. The monoisotopic (exact) mass is 459 g/mol. The molecule has 0 aromatic heterocycles. The van der Waals surface area contributed by atoms with Crippen molar-refractivity contribution in [1.29, 1.82) is 0 Å². The number of anilines is 2. The lowest BCUT2D eigenvalue weighted by Gasteiger charge is -2.14. The molecule has 0 radical (unpaired) electrons. The molecule has 0 unspecified atom stereocenters. The van der Waals surface area contributed by atoms with Crippen LogP contribution >= 0.6 is 0 Å². The molecule has 8 nitrogen and oxygen atoms in total. The summed E-state index contributed by atoms with van der Waals surface area (Å²) in [6.45, 7) is 2.46. The van der Waals surface area contributed by atoms with Gasteiger partial charge in [0, 0.05) is 23.9 Å². The third-order valence-electron chi connectivity index (χ3n) is 4.80. The molecule has 8 heteroatoms. The normalized spacial score (nSPS) is 11.1. The Labute approximate surface area is 197 Å². The topological polar surface area (TPSA) is 114 Å². The van der Waals surface area contributed by atoms with E-state index < -0.39 is 23.9 Å². The van der Waals surface area contributed by atoms with Gasteiger partial charge in [0.2, 0.25) is 5.91 Å². The predicted molar refractivity (Wildman–Crippen MR) is 129 cm³/mol. The molecule has 0 fully saturated rings. The quantitative estimate of drug-likeness (QED) is 0.446. The van der Waals surface area contributed by atoms with Crippen LogP contribution in [0.3, 0.4) is 0 Å². The molecular formula is C26H25N3O5. The molecular weight excluding hydrogens is 434 g/mol. The Morgan fingerprint density at radius 1 is 0.765 bits per heavy atom. The Morgan fingerprint density at radius 2 is 1.32 bits per heavy atom. The number of benzene rings is 3. The summed E-state index contributed by atoms with van der Waals surface area (Å²) in [4.78, 5) is 47.7. The van der Waals surface area contributed by atoms with Gasteiger partial charge in [0.15, 0.2) is 6.10 Å². The van der Waals surface area contributed by atoms with Crippen LogP contribution in [0.15, 0.2) is 78.9 Å². The molecule has 0 aliphatic heterocycles. The van der Waals surface area contributed by atoms with Gasteiger partial charge in [-0.15, -0.1) is 0 Å². The van der Waals surface area contributed by atoms with Crippen molar-refractivity contribution in [3.8, 4) is 11.1 Å². The molecule has 174 valence electrons. The van der Waals surface area contributed by atoms with E-state index in [0.29, 0.717) is 16.9 Å². The van der Waals surface area contributed by atoms with Crippen LogP contribution in [0, 0.1) is 0 Å². The van der Waals surface area contributed by atoms with Crippen LogP contribution in [0.1, 0.15) is 24.2 Å². The summed E-state index contributed by atoms with van der Waals surface area (Å²) in [6.07, 6.45) is -1.07. The van der Waals surface area contributed by atoms with E-state index in [9.17, 15) is 19.2 Å². The zero-order chi connectivity index (χ0) is 24.5. The van der Waals surface area contributed by atoms with Gasteiger partial charge in [-0.05, 0) is 54.4 Å². The maximum Gasteiger partial charge on any atom is 0.326 e. The number of nitrogens with one attached hydrogen (secondary N) is 3. The minimum Gasteiger partial charge on any atom is -0.451 e. The summed E-state index contributed by atoms with van der Waals surface area (Å²) in [6, 6.07) is 23.3. The lowest BCUT2D eigenvalue weighted by atomic mass is 10.0. The molecule has 34 heavy (non-hydrogen) atoms. The molecule has 1 atom stereocenters. The van der Waals surface area contributed by atoms with Crippen LogP contribution in [0.5, 0.6) is 0 Å². The fraction of sp³-hybridized carbons (Fsp3) is 0.154. The van der Waals surface area contributed by atoms with Gasteiger partial charge >= 0.3 is 5.97 Å². The van der Waals surface area contributed by atoms with Crippen molar-refractivity contribution in [2.75, 3.05) is 17.2 Å². The molecule has 3 aromatic rings. The fourth-order valence-corrected chi connectivity index (χ4v) is 3.08. The number of esters is 1. The van der Waals surface area contributed by atoms with Crippen LogP contribution in [-0.2, 0) is 19.1 Å². The third-order valence-corrected chi connectivity index (χ3v) is 4.80. The number of carbonyl (C=O) groups excluding carboxylic acids is 4. The zero-order valence-electron chi connectivity index (χ0n) is 18.8. The third kappa shape index (κ3) is 7.03. The first-order valence-corrected chi connectivity index (χ1v) is 10.6. The first kappa shape index (κ1) is 24.2. The maximum absolute atomic E-state index is 12.3. The Balaban J connectivity index is 1.45. The van der Waals surface area contributed by atoms with Gasteiger partial charge in [-0.2, -0.15) is 0 Å². The number of carbonyl (C=O) groups is 4. The largest absolute Gasteiger partial charge is 0.451 e.